The van der Waals surface area contributed by atoms with E-state index in [1.54, 1.807) is 11.3 Å². The largest absolute Gasteiger partial charge is 0.485 e. The summed E-state index contributed by atoms with van der Waals surface area (Å²) >= 11 is 1.77. The van der Waals surface area contributed by atoms with Crippen LogP contribution < -0.4 is 4.74 Å². The van der Waals surface area contributed by atoms with Crippen LogP contribution in [-0.4, -0.2) is 4.98 Å². The Morgan fingerprint density at radius 3 is 2.50 bits per heavy atom. The first-order valence-corrected chi connectivity index (χ1v) is 11.2. The van der Waals surface area contributed by atoms with Crippen LogP contribution in [0.4, 0.5) is 0 Å². The van der Waals surface area contributed by atoms with Crippen molar-refractivity contribution in [2.75, 3.05) is 0 Å². The van der Waals surface area contributed by atoms with E-state index in [0.29, 0.717) is 0 Å². The Hall–Kier alpha value is -3.17. The van der Waals surface area contributed by atoms with Gasteiger partial charge >= 0.3 is 0 Å². The third-order valence-electron chi connectivity index (χ3n) is 5.61. The van der Waals surface area contributed by atoms with Gasteiger partial charge in [0.25, 0.3) is 0 Å². The van der Waals surface area contributed by atoms with Crippen LogP contribution in [0, 0.1) is 0 Å². The number of nitrogens with zero attached hydrogens (tertiary/aromatic N) is 1. The van der Waals surface area contributed by atoms with E-state index in [2.05, 4.69) is 79.9 Å². The molecule has 0 aliphatic rings. The third kappa shape index (κ3) is 3.35. The molecule has 0 bridgehead atoms. The maximum atomic E-state index is 6.38. The van der Waals surface area contributed by atoms with E-state index in [0.717, 1.165) is 28.8 Å². The molecule has 2 nitrogen and oxygen atoms in total. The zero-order valence-electron chi connectivity index (χ0n) is 17.1. The fourth-order valence-electron chi connectivity index (χ4n) is 3.94. The SMILES string of the molecule is CCc1ccc(O[C@H](C)c2ccccc2)c2ccc(-c3csc4ccccc34)nc12. The summed E-state index contributed by atoms with van der Waals surface area (Å²) in [4.78, 5) is 5.11. The number of aromatic nitrogens is 1. The van der Waals surface area contributed by atoms with Crippen molar-refractivity contribution in [3.8, 4) is 17.0 Å². The number of pyridine rings is 1. The van der Waals surface area contributed by atoms with E-state index in [4.69, 9.17) is 9.72 Å². The van der Waals surface area contributed by atoms with Crippen LogP contribution in [0.3, 0.4) is 0 Å². The maximum absolute atomic E-state index is 6.38. The van der Waals surface area contributed by atoms with E-state index in [-0.39, 0.29) is 6.10 Å². The standard InChI is InChI=1S/C27H23NOS/c1-3-19-13-16-25(29-18(2)20-9-5-4-6-10-20)22-14-15-24(28-27(19)22)23-17-30-26-12-8-7-11-21(23)26/h4-18H,3H2,1-2H3/t18-/m1/s1. The first-order chi connectivity index (χ1) is 14.7. The Kier molecular flexibility index (Phi) is 4.97. The fourth-order valence-corrected chi connectivity index (χ4v) is 4.90. The number of benzene rings is 3. The molecule has 0 aliphatic carbocycles. The van der Waals surface area contributed by atoms with E-state index < -0.39 is 0 Å². The molecular formula is C27H23NOS. The zero-order chi connectivity index (χ0) is 20.5. The van der Waals surface area contributed by atoms with Gasteiger partial charge in [-0.05, 0) is 48.7 Å². The number of fused-ring (bicyclic) bond motifs is 2. The quantitative estimate of drug-likeness (QED) is 0.295. The first-order valence-electron chi connectivity index (χ1n) is 10.4. The predicted molar refractivity (Wildman–Crippen MR) is 127 cm³/mol. The lowest BCUT2D eigenvalue weighted by Crippen LogP contribution is -2.04. The van der Waals surface area contributed by atoms with E-state index in [1.807, 2.05) is 18.2 Å². The normalized spacial score (nSPS) is 12.3. The molecule has 3 heteroatoms. The Labute approximate surface area is 180 Å². The Morgan fingerprint density at radius 1 is 0.867 bits per heavy atom. The minimum absolute atomic E-state index is 0.0256. The lowest BCUT2D eigenvalue weighted by Gasteiger charge is -2.18. The molecule has 0 spiro atoms. The molecule has 0 amide bonds. The van der Waals surface area contributed by atoms with Crippen LogP contribution >= 0.6 is 11.3 Å². The van der Waals surface area contributed by atoms with Gasteiger partial charge in [-0.2, -0.15) is 0 Å². The summed E-state index contributed by atoms with van der Waals surface area (Å²) in [5.74, 6) is 0.882. The molecule has 1 atom stereocenters. The van der Waals surface area contributed by atoms with Gasteiger partial charge in [0.1, 0.15) is 11.9 Å². The number of aryl methyl sites for hydroxylation is 1. The molecule has 30 heavy (non-hydrogen) atoms. The molecule has 3 aromatic carbocycles. The molecule has 2 aromatic heterocycles. The summed E-state index contributed by atoms with van der Waals surface area (Å²) in [6.07, 6.45) is 0.911. The van der Waals surface area contributed by atoms with Gasteiger partial charge in [-0.3, -0.25) is 0 Å². The van der Waals surface area contributed by atoms with Crippen molar-refractivity contribution in [1.82, 2.24) is 4.98 Å². The molecule has 148 valence electrons. The average Bonchev–Trinajstić information content (AvgIpc) is 3.23. The average molecular weight is 410 g/mol. The number of hydrogen-bond acceptors (Lipinski definition) is 3. The summed E-state index contributed by atoms with van der Waals surface area (Å²) in [6, 6.07) is 27.4. The van der Waals surface area contributed by atoms with Crippen molar-refractivity contribution in [3.05, 3.63) is 95.4 Å². The molecule has 0 saturated carbocycles. The van der Waals surface area contributed by atoms with Gasteiger partial charge < -0.3 is 4.74 Å². The molecule has 2 heterocycles. The highest BCUT2D eigenvalue weighted by atomic mass is 32.1. The second kappa shape index (κ2) is 7.92. The summed E-state index contributed by atoms with van der Waals surface area (Å²) in [7, 11) is 0. The predicted octanol–water partition coefficient (Wildman–Crippen LogP) is 7.82. The van der Waals surface area contributed by atoms with Crippen molar-refractivity contribution in [3.63, 3.8) is 0 Å². The van der Waals surface area contributed by atoms with E-state index >= 15 is 0 Å². The van der Waals surface area contributed by atoms with Gasteiger partial charge in [0.15, 0.2) is 0 Å². The van der Waals surface area contributed by atoms with Gasteiger partial charge in [0, 0.05) is 26.4 Å². The van der Waals surface area contributed by atoms with Crippen LogP contribution in [0.15, 0.2) is 84.2 Å². The van der Waals surface area contributed by atoms with Crippen molar-refractivity contribution in [1.29, 1.82) is 0 Å². The minimum atomic E-state index is -0.0256. The highest BCUT2D eigenvalue weighted by molar-refractivity contribution is 7.17. The number of rotatable bonds is 5. The Balaban J connectivity index is 1.60. The van der Waals surface area contributed by atoms with Gasteiger partial charge in [-0.1, -0.05) is 61.5 Å². The van der Waals surface area contributed by atoms with E-state index in [1.165, 1.54) is 26.8 Å². The minimum Gasteiger partial charge on any atom is -0.485 e. The summed E-state index contributed by atoms with van der Waals surface area (Å²) in [5, 5.41) is 4.54. The second-order valence-corrected chi connectivity index (χ2v) is 8.40. The summed E-state index contributed by atoms with van der Waals surface area (Å²) in [6.45, 7) is 4.27. The molecule has 5 rings (SSSR count). The smallest absolute Gasteiger partial charge is 0.129 e. The second-order valence-electron chi connectivity index (χ2n) is 7.49. The van der Waals surface area contributed by atoms with Crippen LogP contribution in [0.25, 0.3) is 32.2 Å². The van der Waals surface area contributed by atoms with Crippen molar-refractivity contribution in [2.24, 2.45) is 0 Å². The molecule has 0 fully saturated rings. The topological polar surface area (TPSA) is 22.1 Å². The molecule has 0 radical (unpaired) electrons. The van der Waals surface area contributed by atoms with Crippen molar-refractivity contribution < 1.29 is 4.74 Å². The first kappa shape index (κ1) is 18.8. The molecule has 0 aliphatic heterocycles. The van der Waals surface area contributed by atoms with Gasteiger partial charge in [0.2, 0.25) is 0 Å². The molecule has 0 N–H and O–H groups in total. The van der Waals surface area contributed by atoms with E-state index in [9.17, 15) is 0 Å². The molecule has 0 unspecified atom stereocenters. The van der Waals surface area contributed by atoms with Crippen LogP contribution in [-0.2, 0) is 6.42 Å². The molecular weight excluding hydrogens is 386 g/mol. The summed E-state index contributed by atoms with van der Waals surface area (Å²) in [5.41, 5.74) is 5.65. The van der Waals surface area contributed by atoms with Gasteiger partial charge in [-0.15, -0.1) is 11.3 Å². The zero-order valence-corrected chi connectivity index (χ0v) is 17.9. The molecule has 5 aromatic rings. The highest BCUT2D eigenvalue weighted by Gasteiger charge is 2.14. The van der Waals surface area contributed by atoms with Gasteiger partial charge in [0.05, 0.1) is 11.2 Å². The molecule has 0 saturated heterocycles. The maximum Gasteiger partial charge on any atom is 0.129 e. The van der Waals surface area contributed by atoms with Crippen LogP contribution in [0.1, 0.15) is 31.1 Å². The highest BCUT2D eigenvalue weighted by Crippen LogP contribution is 2.36. The van der Waals surface area contributed by atoms with Crippen LogP contribution in [0.2, 0.25) is 0 Å². The number of thiophene rings is 1. The lowest BCUT2D eigenvalue weighted by atomic mass is 10.0. The van der Waals surface area contributed by atoms with Crippen molar-refractivity contribution >= 4 is 32.3 Å². The number of hydrogen-bond donors (Lipinski definition) is 0. The lowest BCUT2D eigenvalue weighted by molar-refractivity contribution is 0.230. The Bertz CT molecular complexity index is 1320. The summed E-state index contributed by atoms with van der Waals surface area (Å²) < 4.78 is 7.67. The monoisotopic (exact) mass is 409 g/mol. The van der Waals surface area contributed by atoms with Crippen LogP contribution in [0.5, 0.6) is 5.75 Å². The number of ether oxygens (including phenoxy) is 1. The Morgan fingerprint density at radius 2 is 1.67 bits per heavy atom. The van der Waals surface area contributed by atoms with Crippen molar-refractivity contribution in [2.45, 2.75) is 26.4 Å². The van der Waals surface area contributed by atoms with Gasteiger partial charge in [-0.25, -0.2) is 4.98 Å². The third-order valence-corrected chi connectivity index (χ3v) is 6.57. The fraction of sp³-hybridized carbons (Fsp3) is 0.148.